The molecule has 1 unspecified atom stereocenters. The Morgan fingerprint density at radius 1 is 1.07 bits per heavy atom. The van der Waals surface area contributed by atoms with Crippen molar-refractivity contribution >= 4 is 34.8 Å². The van der Waals surface area contributed by atoms with Gasteiger partial charge in [-0.25, -0.2) is 0 Å². The minimum Gasteiger partial charge on any atom is -0.382 e. The number of amides is 2. The number of hydrogen-bond acceptors (Lipinski definition) is 5. The molecule has 0 radical (unpaired) electrons. The number of carbonyl (C=O) groups excluding carboxylic acids is 2. The molecule has 8 heteroatoms. The molecular weight excluding hydrogens is 404 g/mol. The van der Waals surface area contributed by atoms with Gasteiger partial charge in [0.05, 0.1) is 12.3 Å². The molecule has 30 heavy (non-hydrogen) atoms. The predicted octanol–water partition coefficient (Wildman–Crippen LogP) is 2.30. The van der Waals surface area contributed by atoms with Crippen LogP contribution in [0.3, 0.4) is 0 Å². The van der Waals surface area contributed by atoms with Gasteiger partial charge in [0.2, 0.25) is 12.0 Å². The average molecular weight is 427 g/mol. The molecule has 2 amide bonds. The van der Waals surface area contributed by atoms with E-state index in [1.54, 1.807) is 4.90 Å². The van der Waals surface area contributed by atoms with Gasteiger partial charge in [0.1, 0.15) is 0 Å². The zero-order valence-electron chi connectivity index (χ0n) is 16.5. The Morgan fingerprint density at radius 3 is 2.57 bits per heavy atom. The lowest BCUT2D eigenvalue weighted by molar-refractivity contribution is -0.136. The first-order chi connectivity index (χ1) is 14.6. The molecule has 1 atom stereocenters. The van der Waals surface area contributed by atoms with Crippen LogP contribution in [0.4, 0.5) is 5.69 Å². The summed E-state index contributed by atoms with van der Waals surface area (Å²) in [5.41, 5.74) is 2.72. The largest absolute Gasteiger partial charge is 0.382 e. The van der Waals surface area contributed by atoms with Crippen molar-refractivity contribution < 1.29 is 14.4 Å². The maximum Gasteiger partial charge on any atom is 0.264 e. The normalized spacial score (nSPS) is 18.6. The van der Waals surface area contributed by atoms with Gasteiger partial charge in [-0.15, -0.1) is 0 Å². The summed E-state index contributed by atoms with van der Waals surface area (Å²) in [5, 5.41) is 7.40. The Balaban J connectivity index is 1.21. The highest BCUT2D eigenvalue weighted by Gasteiger charge is 2.29. The molecule has 1 N–H and O–H groups in total. The number of anilines is 1. The smallest absolute Gasteiger partial charge is 0.264 e. The lowest BCUT2D eigenvalue weighted by Gasteiger charge is -2.36. The molecular formula is C22H23ClN4O3. The van der Waals surface area contributed by atoms with E-state index in [1.807, 2.05) is 54.6 Å². The number of nitrogens with zero attached hydrogens (tertiary/aromatic N) is 3. The van der Waals surface area contributed by atoms with Crippen molar-refractivity contribution in [1.82, 2.24) is 10.2 Å². The Kier molecular flexibility index (Phi) is 6.18. The van der Waals surface area contributed by atoms with Crippen molar-refractivity contribution in [2.75, 3.05) is 37.6 Å². The molecule has 0 spiro atoms. The van der Waals surface area contributed by atoms with E-state index in [1.165, 1.54) is 0 Å². The lowest BCUT2D eigenvalue weighted by atomic mass is 10.0. The van der Waals surface area contributed by atoms with E-state index in [2.05, 4.69) is 15.4 Å². The highest BCUT2D eigenvalue weighted by atomic mass is 35.5. The van der Waals surface area contributed by atoms with E-state index in [0.717, 1.165) is 30.1 Å². The van der Waals surface area contributed by atoms with Crippen LogP contribution in [0.5, 0.6) is 0 Å². The van der Waals surface area contributed by atoms with Crippen LogP contribution >= 0.6 is 11.6 Å². The van der Waals surface area contributed by atoms with Crippen LogP contribution in [-0.4, -0.2) is 61.3 Å². The molecule has 1 fully saturated rings. The highest BCUT2D eigenvalue weighted by Crippen LogP contribution is 2.21. The van der Waals surface area contributed by atoms with Gasteiger partial charge in [-0.1, -0.05) is 53.2 Å². The summed E-state index contributed by atoms with van der Waals surface area (Å²) >= 11 is 6.06. The minimum absolute atomic E-state index is 0.0451. The van der Waals surface area contributed by atoms with E-state index in [0.29, 0.717) is 24.5 Å². The molecule has 2 aliphatic heterocycles. The Labute approximate surface area is 180 Å². The molecule has 156 valence electrons. The first kappa shape index (κ1) is 20.2. The maximum atomic E-state index is 12.5. The Bertz CT molecular complexity index is 942. The second kappa shape index (κ2) is 9.17. The fourth-order valence-corrected chi connectivity index (χ4v) is 3.78. The summed E-state index contributed by atoms with van der Waals surface area (Å²) in [6.07, 6.45) is -0.310. The summed E-state index contributed by atoms with van der Waals surface area (Å²) in [6, 6.07) is 17.3. The second-order valence-corrected chi connectivity index (χ2v) is 7.70. The lowest BCUT2D eigenvalue weighted by Crippen LogP contribution is -2.51. The number of piperazine rings is 1. The third kappa shape index (κ3) is 4.74. The van der Waals surface area contributed by atoms with Crippen LogP contribution in [-0.2, 0) is 14.4 Å². The number of carbonyl (C=O) groups is 2. The van der Waals surface area contributed by atoms with E-state index >= 15 is 0 Å². The number of rotatable bonds is 5. The maximum absolute atomic E-state index is 12.5. The van der Waals surface area contributed by atoms with Crippen molar-refractivity contribution in [3.05, 3.63) is 65.2 Å². The van der Waals surface area contributed by atoms with Gasteiger partial charge in [0.15, 0.2) is 0 Å². The minimum atomic E-state index is -0.701. The van der Waals surface area contributed by atoms with Gasteiger partial charge in [-0.05, 0) is 23.8 Å². The van der Waals surface area contributed by atoms with Crippen LogP contribution < -0.4 is 10.2 Å². The third-order valence-electron chi connectivity index (χ3n) is 5.29. The van der Waals surface area contributed by atoms with Crippen LogP contribution in [0.25, 0.3) is 0 Å². The van der Waals surface area contributed by atoms with Gasteiger partial charge in [-0.3, -0.25) is 9.59 Å². The van der Waals surface area contributed by atoms with Gasteiger partial charge in [0.25, 0.3) is 5.91 Å². The number of nitrogens with one attached hydrogen (secondary N) is 1. The van der Waals surface area contributed by atoms with Crippen LogP contribution in [0.2, 0.25) is 5.02 Å². The van der Waals surface area contributed by atoms with Crippen LogP contribution in [0.1, 0.15) is 12.0 Å². The zero-order valence-corrected chi connectivity index (χ0v) is 17.2. The van der Waals surface area contributed by atoms with Gasteiger partial charge < -0.3 is 20.0 Å². The van der Waals surface area contributed by atoms with E-state index in [9.17, 15) is 9.59 Å². The van der Waals surface area contributed by atoms with Gasteiger partial charge in [0, 0.05) is 43.3 Å². The standard InChI is InChI=1S/C22H23ClN4O3/c23-17-7-4-8-18(13-17)26-9-11-27(12-10-26)21(28)15-24-22(29)20-14-19(25-30-20)16-5-2-1-3-6-16/h1-8,13,20H,9-12,14-15H2,(H,24,29). The summed E-state index contributed by atoms with van der Waals surface area (Å²) in [4.78, 5) is 34.1. The number of benzene rings is 2. The summed E-state index contributed by atoms with van der Waals surface area (Å²) in [5.74, 6) is -0.424. The molecule has 2 aliphatic rings. The van der Waals surface area contributed by atoms with Gasteiger partial charge >= 0.3 is 0 Å². The molecule has 2 heterocycles. The Morgan fingerprint density at radius 2 is 1.83 bits per heavy atom. The summed E-state index contributed by atoms with van der Waals surface area (Å²) in [7, 11) is 0. The van der Waals surface area contributed by atoms with Crippen molar-refractivity contribution in [2.45, 2.75) is 12.5 Å². The first-order valence-electron chi connectivity index (χ1n) is 9.94. The van der Waals surface area contributed by atoms with Crippen molar-refractivity contribution in [2.24, 2.45) is 5.16 Å². The molecule has 0 saturated carbocycles. The monoisotopic (exact) mass is 426 g/mol. The fraction of sp³-hybridized carbons (Fsp3) is 0.318. The summed E-state index contributed by atoms with van der Waals surface area (Å²) in [6.45, 7) is 2.60. The number of oxime groups is 1. The molecule has 0 aliphatic carbocycles. The second-order valence-electron chi connectivity index (χ2n) is 7.27. The van der Waals surface area contributed by atoms with Gasteiger partial charge in [-0.2, -0.15) is 0 Å². The first-order valence-corrected chi connectivity index (χ1v) is 10.3. The summed E-state index contributed by atoms with van der Waals surface area (Å²) < 4.78 is 0. The average Bonchev–Trinajstić information content (AvgIpc) is 3.28. The van der Waals surface area contributed by atoms with Crippen LogP contribution in [0.15, 0.2) is 59.8 Å². The zero-order chi connectivity index (χ0) is 20.9. The fourth-order valence-electron chi connectivity index (χ4n) is 3.59. The van der Waals surface area contributed by atoms with E-state index < -0.39 is 6.10 Å². The number of halogens is 1. The predicted molar refractivity (Wildman–Crippen MR) is 116 cm³/mol. The molecule has 4 rings (SSSR count). The van der Waals surface area contributed by atoms with Crippen LogP contribution in [0, 0.1) is 0 Å². The Hall–Kier alpha value is -3.06. The van der Waals surface area contributed by atoms with Crippen molar-refractivity contribution in [3.63, 3.8) is 0 Å². The molecule has 0 aromatic heterocycles. The van der Waals surface area contributed by atoms with E-state index in [4.69, 9.17) is 16.4 Å². The topological polar surface area (TPSA) is 74.2 Å². The number of hydrogen-bond donors (Lipinski definition) is 1. The molecule has 0 bridgehead atoms. The SMILES string of the molecule is O=C(NCC(=O)N1CCN(c2cccc(Cl)c2)CC1)C1CC(c2ccccc2)=NO1. The molecule has 7 nitrogen and oxygen atoms in total. The highest BCUT2D eigenvalue weighted by molar-refractivity contribution is 6.30. The molecule has 1 saturated heterocycles. The molecule has 2 aromatic carbocycles. The van der Waals surface area contributed by atoms with Crippen molar-refractivity contribution in [3.8, 4) is 0 Å². The van der Waals surface area contributed by atoms with Crippen molar-refractivity contribution in [1.29, 1.82) is 0 Å². The van der Waals surface area contributed by atoms with E-state index in [-0.39, 0.29) is 18.4 Å². The third-order valence-corrected chi connectivity index (χ3v) is 5.52. The quantitative estimate of drug-likeness (QED) is 0.796. The molecule has 2 aromatic rings.